The summed E-state index contributed by atoms with van der Waals surface area (Å²) in [6, 6.07) is 13.7. The molecule has 0 bridgehead atoms. The molecule has 0 atom stereocenters. The van der Waals surface area contributed by atoms with Crippen molar-refractivity contribution in [1.82, 2.24) is 20.2 Å². The number of hydrogen-bond acceptors (Lipinski definition) is 6. The molecule has 0 saturated carbocycles. The molecule has 1 N–H and O–H groups in total. The van der Waals surface area contributed by atoms with Crippen molar-refractivity contribution >= 4 is 35.2 Å². The molecule has 122 valence electrons. The summed E-state index contributed by atoms with van der Waals surface area (Å²) in [6.45, 7) is 0. The maximum absolute atomic E-state index is 11.8. The number of carbonyl (C=O) groups is 1. The van der Waals surface area contributed by atoms with Crippen LogP contribution in [0.3, 0.4) is 0 Å². The largest absolute Gasteiger partial charge is 0.305 e. The number of nitrogens with one attached hydrogen (secondary N) is 1. The minimum atomic E-state index is -0.183. The lowest BCUT2D eigenvalue weighted by Crippen LogP contribution is -2.19. The highest BCUT2D eigenvalue weighted by atomic mass is 32.2. The SMILES string of the molecule is Cn1c(SCC(=O)NN=Cc2cccs2)nnc1-c1ccccc1. The van der Waals surface area contributed by atoms with Gasteiger partial charge in [-0.2, -0.15) is 5.10 Å². The number of thioether (sulfide) groups is 1. The number of hydrogen-bond donors (Lipinski definition) is 1. The van der Waals surface area contributed by atoms with Crippen molar-refractivity contribution in [3.63, 3.8) is 0 Å². The van der Waals surface area contributed by atoms with Crippen molar-refractivity contribution in [2.24, 2.45) is 12.1 Å². The van der Waals surface area contributed by atoms with Crippen LogP contribution in [0.4, 0.5) is 0 Å². The summed E-state index contributed by atoms with van der Waals surface area (Å²) in [7, 11) is 1.89. The minimum absolute atomic E-state index is 0.183. The number of aromatic nitrogens is 3. The van der Waals surface area contributed by atoms with Crippen LogP contribution in [-0.2, 0) is 11.8 Å². The van der Waals surface area contributed by atoms with Crippen LogP contribution in [0.5, 0.6) is 0 Å². The molecular weight excluding hydrogens is 342 g/mol. The van der Waals surface area contributed by atoms with E-state index in [0.717, 1.165) is 16.3 Å². The number of thiophene rings is 1. The molecule has 3 rings (SSSR count). The van der Waals surface area contributed by atoms with Crippen molar-refractivity contribution < 1.29 is 4.79 Å². The van der Waals surface area contributed by atoms with Gasteiger partial charge in [0, 0.05) is 17.5 Å². The Bertz CT molecular complexity index is 828. The highest BCUT2D eigenvalue weighted by molar-refractivity contribution is 7.99. The van der Waals surface area contributed by atoms with E-state index in [1.807, 2.05) is 59.5 Å². The summed E-state index contributed by atoms with van der Waals surface area (Å²) >= 11 is 2.88. The zero-order valence-electron chi connectivity index (χ0n) is 12.9. The van der Waals surface area contributed by atoms with Gasteiger partial charge in [0.05, 0.1) is 12.0 Å². The summed E-state index contributed by atoms with van der Waals surface area (Å²) in [5.41, 5.74) is 3.50. The Morgan fingerprint density at radius 1 is 1.29 bits per heavy atom. The van der Waals surface area contributed by atoms with Crippen LogP contribution in [-0.4, -0.2) is 32.6 Å². The van der Waals surface area contributed by atoms with Gasteiger partial charge in [0.1, 0.15) is 0 Å². The Labute approximate surface area is 147 Å². The van der Waals surface area contributed by atoms with E-state index in [1.165, 1.54) is 11.8 Å². The average Bonchev–Trinajstić information content (AvgIpc) is 3.24. The van der Waals surface area contributed by atoms with Crippen molar-refractivity contribution in [3.05, 3.63) is 52.7 Å². The number of carbonyl (C=O) groups excluding carboxylic acids is 1. The van der Waals surface area contributed by atoms with Crippen molar-refractivity contribution in [1.29, 1.82) is 0 Å². The molecule has 8 heteroatoms. The summed E-state index contributed by atoms with van der Waals surface area (Å²) in [5, 5.41) is 14.9. The highest BCUT2D eigenvalue weighted by Gasteiger charge is 2.12. The van der Waals surface area contributed by atoms with Gasteiger partial charge in [0.2, 0.25) is 0 Å². The first-order valence-electron chi connectivity index (χ1n) is 7.17. The Hall–Kier alpha value is -2.45. The van der Waals surface area contributed by atoms with Crippen molar-refractivity contribution in [2.75, 3.05) is 5.75 Å². The first kappa shape index (κ1) is 16.4. The first-order valence-corrected chi connectivity index (χ1v) is 9.03. The predicted octanol–water partition coefficient (Wildman–Crippen LogP) is 2.79. The summed E-state index contributed by atoms with van der Waals surface area (Å²) in [5.74, 6) is 0.814. The molecule has 6 nitrogen and oxygen atoms in total. The number of rotatable bonds is 6. The third-order valence-electron chi connectivity index (χ3n) is 3.12. The standard InChI is InChI=1S/C16H15N5OS2/c1-21-15(12-6-3-2-4-7-12)19-20-16(21)24-11-14(22)18-17-10-13-8-5-9-23-13/h2-10H,11H2,1H3,(H,18,22). The quantitative estimate of drug-likeness (QED) is 0.418. The van der Waals surface area contributed by atoms with Gasteiger partial charge in [-0.05, 0) is 11.4 Å². The molecule has 0 unspecified atom stereocenters. The smallest absolute Gasteiger partial charge is 0.250 e. The van der Waals surface area contributed by atoms with E-state index in [1.54, 1.807) is 17.6 Å². The van der Waals surface area contributed by atoms with E-state index in [0.29, 0.717) is 5.16 Å². The maximum Gasteiger partial charge on any atom is 0.250 e. The zero-order chi connectivity index (χ0) is 16.8. The average molecular weight is 357 g/mol. The summed E-state index contributed by atoms with van der Waals surface area (Å²) in [6.07, 6.45) is 1.63. The molecular formula is C16H15N5OS2. The Balaban J connectivity index is 1.55. The van der Waals surface area contributed by atoms with E-state index < -0.39 is 0 Å². The van der Waals surface area contributed by atoms with Gasteiger partial charge >= 0.3 is 0 Å². The van der Waals surface area contributed by atoms with Gasteiger partial charge in [0.15, 0.2) is 11.0 Å². The van der Waals surface area contributed by atoms with Gasteiger partial charge in [-0.25, -0.2) is 5.43 Å². The third kappa shape index (κ3) is 4.09. The number of amides is 1. The van der Waals surface area contributed by atoms with Crippen LogP contribution in [0.1, 0.15) is 4.88 Å². The molecule has 0 aliphatic heterocycles. The molecule has 0 spiro atoms. The topological polar surface area (TPSA) is 72.2 Å². The minimum Gasteiger partial charge on any atom is -0.305 e. The van der Waals surface area contributed by atoms with Crippen LogP contribution in [0.2, 0.25) is 0 Å². The molecule has 0 fully saturated rings. The monoisotopic (exact) mass is 357 g/mol. The van der Waals surface area contributed by atoms with E-state index in [4.69, 9.17) is 0 Å². The second-order valence-electron chi connectivity index (χ2n) is 4.83. The van der Waals surface area contributed by atoms with Gasteiger partial charge in [-0.1, -0.05) is 48.2 Å². The van der Waals surface area contributed by atoms with Crippen LogP contribution < -0.4 is 5.43 Å². The fourth-order valence-corrected chi connectivity index (χ4v) is 3.26. The normalized spacial score (nSPS) is 11.0. The second-order valence-corrected chi connectivity index (χ2v) is 6.75. The van der Waals surface area contributed by atoms with Crippen LogP contribution in [0.25, 0.3) is 11.4 Å². The fourth-order valence-electron chi connectivity index (χ4n) is 1.97. The molecule has 1 amide bonds. The van der Waals surface area contributed by atoms with Gasteiger partial charge in [-0.15, -0.1) is 21.5 Å². The molecule has 24 heavy (non-hydrogen) atoms. The lowest BCUT2D eigenvalue weighted by atomic mass is 10.2. The number of benzene rings is 1. The summed E-state index contributed by atoms with van der Waals surface area (Å²) in [4.78, 5) is 12.8. The molecule has 2 heterocycles. The second kappa shape index (κ2) is 7.89. The maximum atomic E-state index is 11.8. The number of nitrogens with zero attached hydrogens (tertiary/aromatic N) is 4. The Kier molecular flexibility index (Phi) is 5.39. The van der Waals surface area contributed by atoms with E-state index >= 15 is 0 Å². The molecule has 0 radical (unpaired) electrons. The first-order chi connectivity index (χ1) is 11.7. The van der Waals surface area contributed by atoms with Crippen molar-refractivity contribution in [2.45, 2.75) is 5.16 Å². The molecule has 1 aromatic carbocycles. The van der Waals surface area contributed by atoms with Crippen LogP contribution in [0, 0.1) is 0 Å². The molecule has 2 aromatic heterocycles. The zero-order valence-corrected chi connectivity index (χ0v) is 14.5. The third-order valence-corrected chi connectivity index (χ3v) is 4.95. The van der Waals surface area contributed by atoms with Gasteiger partial charge < -0.3 is 4.57 Å². The highest BCUT2D eigenvalue weighted by Crippen LogP contribution is 2.22. The van der Waals surface area contributed by atoms with Crippen LogP contribution in [0.15, 0.2) is 58.1 Å². The molecule has 3 aromatic rings. The van der Waals surface area contributed by atoms with Crippen LogP contribution >= 0.6 is 23.1 Å². The number of hydrazone groups is 1. The van der Waals surface area contributed by atoms with Gasteiger partial charge in [-0.3, -0.25) is 4.79 Å². The molecule has 0 aliphatic carbocycles. The molecule has 0 aliphatic rings. The Morgan fingerprint density at radius 3 is 2.88 bits per heavy atom. The Morgan fingerprint density at radius 2 is 2.12 bits per heavy atom. The summed E-state index contributed by atoms with van der Waals surface area (Å²) < 4.78 is 1.88. The molecule has 0 saturated heterocycles. The van der Waals surface area contributed by atoms with Gasteiger partial charge in [0.25, 0.3) is 5.91 Å². The van der Waals surface area contributed by atoms with Crippen molar-refractivity contribution in [3.8, 4) is 11.4 Å². The van der Waals surface area contributed by atoms with E-state index in [-0.39, 0.29) is 11.7 Å². The predicted molar refractivity (Wildman–Crippen MR) is 97.2 cm³/mol. The lowest BCUT2D eigenvalue weighted by Gasteiger charge is -2.03. The van der Waals surface area contributed by atoms with E-state index in [2.05, 4.69) is 20.7 Å². The fraction of sp³-hybridized carbons (Fsp3) is 0.125. The van der Waals surface area contributed by atoms with E-state index in [9.17, 15) is 4.79 Å². The lowest BCUT2D eigenvalue weighted by molar-refractivity contribution is -0.118.